The van der Waals surface area contributed by atoms with Gasteiger partial charge in [-0.2, -0.15) is 0 Å². The van der Waals surface area contributed by atoms with Crippen molar-refractivity contribution in [2.45, 2.75) is 33.6 Å². The minimum absolute atomic E-state index is 0.00800. The molecule has 1 saturated heterocycles. The van der Waals surface area contributed by atoms with E-state index >= 15 is 0 Å². The Morgan fingerprint density at radius 2 is 1.82 bits per heavy atom. The van der Waals surface area contributed by atoms with Crippen molar-refractivity contribution < 1.29 is 9.59 Å². The molecule has 1 fully saturated rings. The van der Waals surface area contributed by atoms with E-state index in [4.69, 9.17) is 0 Å². The molecule has 3 rings (SSSR count). The molecule has 0 radical (unpaired) electrons. The average Bonchev–Trinajstić information content (AvgIpc) is 2.64. The molecule has 1 aliphatic rings. The normalized spacial score (nSPS) is 17.2. The number of nitrogens with one attached hydrogen (secondary N) is 2. The van der Waals surface area contributed by atoms with Crippen LogP contribution in [0.4, 0.5) is 11.4 Å². The third kappa shape index (κ3) is 5.42. The van der Waals surface area contributed by atoms with Crippen LogP contribution in [0.5, 0.6) is 0 Å². The van der Waals surface area contributed by atoms with Crippen LogP contribution in [0.2, 0.25) is 0 Å². The van der Waals surface area contributed by atoms with Gasteiger partial charge in [-0.1, -0.05) is 24.6 Å². The summed E-state index contributed by atoms with van der Waals surface area (Å²) in [6, 6.07) is 13.0. The standard InChI is InChI=1S/C23H29N3O2/c1-16-6-8-19(9-7-16)23(28)24-20-10-11-21(18(3)13-20)25-22(27)15-26-12-4-5-17(2)14-26/h6-11,13,17H,4-5,12,14-15H2,1-3H3,(H,24,28)(H,25,27). The van der Waals surface area contributed by atoms with E-state index in [1.165, 1.54) is 6.42 Å². The van der Waals surface area contributed by atoms with E-state index in [1.54, 1.807) is 0 Å². The van der Waals surface area contributed by atoms with Crippen LogP contribution in [0.25, 0.3) is 0 Å². The molecule has 5 heteroatoms. The minimum atomic E-state index is -0.143. The van der Waals surface area contributed by atoms with E-state index in [0.29, 0.717) is 23.7 Å². The van der Waals surface area contributed by atoms with Gasteiger partial charge in [-0.3, -0.25) is 14.5 Å². The van der Waals surface area contributed by atoms with E-state index in [9.17, 15) is 9.59 Å². The quantitative estimate of drug-likeness (QED) is 0.817. The molecule has 0 aromatic heterocycles. The van der Waals surface area contributed by atoms with Gasteiger partial charge < -0.3 is 10.6 Å². The van der Waals surface area contributed by atoms with Gasteiger partial charge in [0, 0.05) is 23.5 Å². The van der Waals surface area contributed by atoms with Gasteiger partial charge in [0.05, 0.1) is 6.54 Å². The molecule has 1 unspecified atom stereocenters. The van der Waals surface area contributed by atoms with Crippen molar-refractivity contribution in [1.29, 1.82) is 0 Å². The van der Waals surface area contributed by atoms with Crippen molar-refractivity contribution in [3.8, 4) is 0 Å². The molecular formula is C23H29N3O2. The first-order valence-corrected chi connectivity index (χ1v) is 9.91. The Morgan fingerprint density at radius 3 is 2.50 bits per heavy atom. The third-order valence-electron chi connectivity index (χ3n) is 5.18. The Labute approximate surface area is 167 Å². The maximum Gasteiger partial charge on any atom is 0.255 e. The maximum absolute atomic E-state index is 12.4. The summed E-state index contributed by atoms with van der Waals surface area (Å²) in [5.74, 6) is 0.517. The van der Waals surface area contributed by atoms with Crippen molar-refractivity contribution in [2.75, 3.05) is 30.3 Å². The number of rotatable bonds is 5. The molecule has 1 atom stereocenters. The Morgan fingerprint density at radius 1 is 1.07 bits per heavy atom. The fraction of sp³-hybridized carbons (Fsp3) is 0.391. The molecule has 0 saturated carbocycles. The number of carbonyl (C=O) groups excluding carboxylic acids is 2. The van der Waals surface area contributed by atoms with E-state index in [-0.39, 0.29) is 11.8 Å². The lowest BCUT2D eigenvalue weighted by atomic mass is 10.0. The minimum Gasteiger partial charge on any atom is -0.325 e. The number of anilines is 2. The van der Waals surface area contributed by atoms with Gasteiger partial charge in [-0.25, -0.2) is 0 Å². The molecule has 0 bridgehead atoms. The zero-order valence-corrected chi connectivity index (χ0v) is 16.9. The fourth-order valence-electron chi connectivity index (χ4n) is 3.61. The van der Waals surface area contributed by atoms with Crippen LogP contribution in [0.3, 0.4) is 0 Å². The highest BCUT2D eigenvalue weighted by Crippen LogP contribution is 2.21. The highest BCUT2D eigenvalue weighted by Gasteiger charge is 2.18. The summed E-state index contributed by atoms with van der Waals surface area (Å²) in [7, 11) is 0. The lowest BCUT2D eigenvalue weighted by Crippen LogP contribution is -2.39. The summed E-state index contributed by atoms with van der Waals surface area (Å²) in [5, 5.41) is 5.91. The number of benzene rings is 2. The number of carbonyl (C=O) groups is 2. The van der Waals surface area contributed by atoms with Gasteiger partial charge >= 0.3 is 0 Å². The summed E-state index contributed by atoms with van der Waals surface area (Å²) in [4.78, 5) is 27.0. The molecule has 2 amide bonds. The van der Waals surface area contributed by atoms with Crippen LogP contribution < -0.4 is 10.6 Å². The van der Waals surface area contributed by atoms with Crippen LogP contribution >= 0.6 is 0 Å². The van der Waals surface area contributed by atoms with Crippen molar-refractivity contribution in [3.05, 3.63) is 59.2 Å². The number of nitrogens with zero attached hydrogens (tertiary/aromatic N) is 1. The van der Waals surface area contributed by atoms with E-state index in [0.717, 1.165) is 36.3 Å². The topological polar surface area (TPSA) is 61.4 Å². The maximum atomic E-state index is 12.4. The number of amides is 2. The van der Waals surface area contributed by atoms with Crippen LogP contribution in [-0.2, 0) is 4.79 Å². The van der Waals surface area contributed by atoms with Gasteiger partial charge in [0.1, 0.15) is 0 Å². The predicted octanol–water partition coefficient (Wildman–Crippen LogP) is 4.23. The smallest absolute Gasteiger partial charge is 0.255 e. The van der Waals surface area contributed by atoms with Crippen molar-refractivity contribution >= 4 is 23.2 Å². The van der Waals surface area contributed by atoms with Crippen LogP contribution in [-0.4, -0.2) is 36.3 Å². The molecule has 2 aromatic carbocycles. The molecule has 5 nitrogen and oxygen atoms in total. The molecule has 28 heavy (non-hydrogen) atoms. The zero-order valence-electron chi connectivity index (χ0n) is 16.9. The van der Waals surface area contributed by atoms with Crippen LogP contribution in [0.1, 0.15) is 41.3 Å². The second-order valence-electron chi connectivity index (χ2n) is 7.88. The SMILES string of the molecule is Cc1ccc(C(=O)Nc2ccc(NC(=O)CN3CCCC(C)C3)c(C)c2)cc1. The molecule has 1 aliphatic heterocycles. The Hall–Kier alpha value is -2.66. The van der Waals surface area contributed by atoms with Gasteiger partial charge in [0.25, 0.3) is 5.91 Å². The molecule has 2 N–H and O–H groups in total. The fourth-order valence-corrected chi connectivity index (χ4v) is 3.61. The van der Waals surface area contributed by atoms with Crippen molar-refractivity contribution in [1.82, 2.24) is 4.90 Å². The molecule has 1 heterocycles. The van der Waals surface area contributed by atoms with Crippen molar-refractivity contribution in [3.63, 3.8) is 0 Å². The average molecular weight is 380 g/mol. The van der Waals surface area contributed by atoms with Crippen LogP contribution in [0.15, 0.2) is 42.5 Å². The van der Waals surface area contributed by atoms with Gasteiger partial charge in [-0.05, 0) is 75.0 Å². The summed E-state index contributed by atoms with van der Waals surface area (Å²) >= 11 is 0. The first-order valence-electron chi connectivity index (χ1n) is 9.91. The first-order chi connectivity index (χ1) is 13.4. The first kappa shape index (κ1) is 20.1. The van der Waals surface area contributed by atoms with Gasteiger partial charge in [0.2, 0.25) is 5.91 Å². The van der Waals surface area contributed by atoms with Crippen LogP contribution in [0, 0.1) is 19.8 Å². The zero-order chi connectivity index (χ0) is 20.1. The Kier molecular flexibility index (Phi) is 6.47. The molecule has 2 aromatic rings. The summed E-state index contributed by atoms with van der Waals surface area (Å²) in [6.07, 6.45) is 2.40. The summed E-state index contributed by atoms with van der Waals surface area (Å²) in [5.41, 5.74) is 4.15. The second-order valence-corrected chi connectivity index (χ2v) is 7.88. The number of piperidine rings is 1. The van der Waals surface area contributed by atoms with Gasteiger partial charge in [0.15, 0.2) is 0 Å². The van der Waals surface area contributed by atoms with Gasteiger partial charge in [-0.15, -0.1) is 0 Å². The summed E-state index contributed by atoms with van der Waals surface area (Å²) < 4.78 is 0. The Balaban J connectivity index is 1.58. The number of hydrogen-bond acceptors (Lipinski definition) is 3. The number of aryl methyl sites for hydroxylation is 2. The monoisotopic (exact) mass is 379 g/mol. The summed E-state index contributed by atoms with van der Waals surface area (Å²) in [6.45, 7) is 8.55. The molecular weight excluding hydrogens is 350 g/mol. The molecule has 148 valence electrons. The van der Waals surface area contributed by atoms with E-state index in [1.807, 2.05) is 56.3 Å². The third-order valence-corrected chi connectivity index (χ3v) is 5.18. The number of hydrogen-bond donors (Lipinski definition) is 2. The lowest BCUT2D eigenvalue weighted by Gasteiger charge is -2.30. The largest absolute Gasteiger partial charge is 0.325 e. The van der Waals surface area contributed by atoms with E-state index in [2.05, 4.69) is 22.5 Å². The lowest BCUT2D eigenvalue weighted by molar-refractivity contribution is -0.117. The number of likely N-dealkylation sites (tertiary alicyclic amines) is 1. The van der Waals surface area contributed by atoms with Crippen molar-refractivity contribution in [2.24, 2.45) is 5.92 Å². The Bertz CT molecular complexity index is 845. The molecule has 0 aliphatic carbocycles. The predicted molar refractivity (Wildman–Crippen MR) is 114 cm³/mol. The second kappa shape index (κ2) is 9.02. The highest BCUT2D eigenvalue weighted by molar-refractivity contribution is 6.04. The van der Waals surface area contributed by atoms with E-state index < -0.39 is 0 Å². The molecule has 0 spiro atoms. The highest BCUT2D eigenvalue weighted by atomic mass is 16.2.